The third-order valence-electron chi connectivity index (χ3n) is 6.47. The predicted octanol–water partition coefficient (Wildman–Crippen LogP) is 3.36. The number of hydrogen-bond acceptors (Lipinski definition) is 3. The van der Waals surface area contributed by atoms with Crippen molar-refractivity contribution in [3.63, 3.8) is 0 Å². The van der Waals surface area contributed by atoms with Gasteiger partial charge < -0.3 is 5.32 Å². The molecule has 0 saturated carbocycles. The van der Waals surface area contributed by atoms with Gasteiger partial charge in [0.15, 0.2) is 0 Å². The van der Waals surface area contributed by atoms with Crippen molar-refractivity contribution in [3.8, 4) is 0 Å². The van der Waals surface area contributed by atoms with Crippen molar-refractivity contribution in [2.24, 2.45) is 7.05 Å². The Morgan fingerprint density at radius 2 is 2.04 bits per heavy atom. The fourth-order valence-corrected chi connectivity index (χ4v) is 5.24. The summed E-state index contributed by atoms with van der Waals surface area (Å²) in [4.78, 5) is 15.0. The van der Waals surface area contributed by atoms with Gasteiger partial charge in [0.25, 0.3) is 0 Å². The Kier molecular flexibility index (Phi) is 5.28. The molecule has 1 aromatic carbocycles. The number of nitrogens with zero attached hydrogens (tertiary/aromatic N) is 3. The molecule has 0 radical (unpaired) electrons. The van der Waals surface area contributed by atoms with Crippen LogP contribution >= 0.6 is 0 Å². The molecule has 1 atom stereocenters. The van der Waals surface area contributed by atoms with E-state index < -0.39 is 0 Å². The zero-order valence-corrected chi connectivity index (χ0v) is 17.3. The monoisotopic (exact) mass is 380 g/mol. The lowest BCUT2D eigenvalue weighted by Crippen LogP contribution is -2.41. The van der Waals surface area contributed by atoms with Gasteiger partial charge in [-0.05, 0) is 68.7 Å². The Hall–Kier alpha value is -2.14. The largest absolute Gasteiger partial charge is 0.354 e. The SMILES string of the molecule is CC(C)NC(=O)C[C@H]1CC2(CCN(Cc3cnn(C)c3)CC2)c2ccccc21. The van der Waals surface area contributed by atoms with E-state index in [4.69, 9.17) is 0 Å². The molecule has 0 unspecified atom stereocenters. The molecule has 2 aliphatic rings. The summed E-state index contributed by atoms with van der Waals surface area (Å²) in [5.74, 6) is 0.528. The lowest BCUT2D eigenvalue weighted by Gasteiger charge is -2.40. The quantitative estimate of drug-likeness (QED) is 0.865. The van der Waals surface area contributed by atoms with Crippen LogP contribution in [0, 0.1) is 0 Å². The molecule has 1 N–H and O–H groups in total. The smallest absolute Gasteiger partial charge is 0.220 e. The zero-order chi connectivity index (χ0) is 19.7. The van der Waals surface area contributed by atoms with E-state index in [1.807, 2.05) is 31.8 Å². The summed E-state index contributed by atoms with van der Waals surface area (Å²) < 4.78 is 1.88. The number of piperidine rings is 1. The summed E-state index contributed by atoms with van der Waals surface area (Å²) in [6.45, 7) is 7.24. The Bertz CT molecular complexity index is 833. The van der Waals surface area contributed by atoms with Crippen LogP contribution in [0.4, 0.5) is 0 Å². The average Bonchev–Trinajstić information content (AvgIpc) is 3.19. The molecular weight excluding hydrogens is 348 g/mol. The molecule has 1 aromatic heterocycles. The van der Waals surface area contributed by atoms with Crippen LogP contribution in [0.15, 0.2) is 36.7 Å². The fourth-order valence-electron chi connectivity index (χ4n) is 5.24. The highest BCUT2D eigenvalue weighted by atomic mass is 16.1. The molecule has 1 aliphatic heterocycles. The third-order valence-corrected chi connectivity index (χ3v) is 6.47. The van der Waals surface area contributed by atoms with E-state index in [1.54, 1.807) is 0 Å². The van der Waals surface area contributed by atoms with Crippen LogP contribution in [0.1, 0.15) is 62.1 Å². The van der Waals surface area contributed by atoms with Crippen molar-refractivity contribution in [2.75, 3.05) is 13.1 Å². The molecule has 2 heterocycles. The Morgan fingerprint density at radius 1 is 1.29 bits per heavy atom. The number of nitrogens with one attached hydrogen (secondary N) is 1. The minimum atomic E-state index is 0.181. The first kappa shape index (κ1) is 19.2. The second-order valence-electron chi connectivity index (χ2n) is 8.99. The maximum atomic E-state index is 12.4. The van der Waals surface area contributed by atoms with E-state index in [1.165, 1.54) is 29.5 Å². The van der Waals surface area contributed by atoms with Gasteiger partial charge >= 0.3 is 0 Å². The molecule has 5 nitrogen and oxygen atoms in total. The summed E-state index contributed by atoms with van der Waals surface area (Å²) in [6, 6.07) is 9.06. The van der Waals surface area contributed by atoms with Gasteiger partial charge in [0.1, 0.15) is 0 Å². The lowest BCUT2D eigenvalue weighted by molar-refractivity contribution is -0.122. The van der Waals surface area contributed by atoms with Gasteiger partial charge in [-0.3, -0.25) is 14.4 Å². The van der Waals surface area contributed by atoms with Crippen LogP contribution in [-0.2, 0) is 23.8 Å². The molecular formula is C23H32N4O. The summed E-state index contributed by atoms with van der Waals surface area (Å²) in [6.07, 6.45) is 8.14. The van der Waals surface area contributed by atoms with E-state index in [-0.39, 0.29) is 17.4 Å². The van der Waals surface area contributed by atoms with E-state index in [9.17, 15) is 4.79 Å². The van der Waals surface area contributed by atoms with Crippen molar-refractivity contribution < 1.29 is 4.79 Å². The van der Waals surface area contributed by atoms with Gasteiger partial charge in [0.05, 0.1) is 6.20 Å². The molecule has 1 amide bonds. The molecule has 28 heavy (non-hydrogen) atoms. The second kappa shape index (κ2) is 7.70. The standard InChI is InChI=1S/C23H32N4O/c1-17(2)25-22(28)12-19-13-23(21-7-5-4-6-20(19)21)8-10-27(11-9-23)16-18-14-24-26(3)15-18/h4-7,14-15,17,19H,8-13,16H2,1-3H3,(H,25,28)/t19-/m0/s1. The molecule has 5 heteroatoms. The number of benzene rings is 1. The summed E-state index contributed by atoms with van der Waals surface area (Å²) >= 11 is 0. The fraction of sp³-hybridized carbons (Fsp3) is 0.565. The summed E-state index contributed by atoms with van der Waals surface area (Å²) in [5.41, 5.74) is 4.43. The molecule has 0 bridgehead atoms. The topological polar surface area (TPSA) is 50.2 Å². The zero-order valence-electron chi connectivity index (χ0n) is 17.3. The van der Waals surface area contributed by atoms with Gasteiger partial charge in [-0.25, -0.2) is 0 Å². The van der Waals surface area contributed by atoms with Gasteiger partial charge in [0.2, 0.25) is 5.91 Å². The normalized spacial score (nSPS) is 21.2. The number of aromatic nitrogens is 2. The highest BCUT2D eigenvalue weighted by Crippen LogP contribution is 2.52. The number of carbonyl (C=O) groups is 1. The summed E-state index contributed by atoms with van der Waals surface area (Å²) in [5, 5.41) is 7.37. The van der Waals surface area contributed by atoms with Crippen molar-refractivity contribution in [2.45, 2.75) is 63.5 Å². The van der Waals surface area contributed by atoms with Crippen LogP contribution in [0.2, 0.25) is 0 Å². The maximum Gasteiger partial charge on any atom is 0.220 e. The van der Waals surface area contributed by atoms with E-state index in [0.717, 1.165) is 26.1 Å². The number of aryl methyl sites for hydroxylation is 1. The summed E-state index contributed by atoms with van der Waals surface area (Å²) in [7, 11) is 1.97. The Labute approximate surface area is 168 Å². The van der Waals surface area contributed by atoms with Crippen LogP contribution in [-0.4, -0.2) is 39.7 Å². The van der Waals surface area contributed by atoms with Gasteiger partial charge in [0, 0.05) is 37.8 Å². The number of likely N-dealkylation sites (tertiary alicyclic amines) is 1. The van der Waals surface area contributed by atoms with Crippen LogP contribution in [0.25, 0.3) is 0 Å². The van der Waals surface area contributed by atoms with Gasteiger partial charge in [-0.1, -0.05) is 24.3 Å². The Morgan fingerprint density at radius 3 is 2.71 bits per heavy atom. The lowest BCUT2D eigenvalue weighted by atomic mass is 9.73. The second-order valence-corrected chi connectivity index (χ2v) is 8.99. The van der Waals surface area contributed by atoms with Crippen molar-refractivity contribution in [1.29, 1.82) is 0 Å². The van der Waals surface area contributed by atoms with Gasteiger partial charge in [-0.15, -0.1) is 0 Å². The van der Waals surface area contributed by atoms with E-state index in [2.05, 4.69) is 45.8 Å². The van der Waals surface area contributed by atoms with Crippen molar-refractivity contribution in [3.05, 3.63) is 53.3 Å². The molecule has 1 saturated heterocycles. The van der Waals surface area contributed by atoms with Gasteiger partial charge in [-0.2, -0.15) is 5.10 Å². The molecule has 1 aliphatic carbocycles. The predicted molar refractivity (Wildman–Crippen MR) is 111 cm³/mol. The molecule has 1 spiro atoms. The molecule has 2 aromatic rings. The minimum absolute atomic E-state index is 0.181. The maximum absolute atomic E-state index is 12.4. The molecule has 1 fully saturated rings. The third kappa shape index (κ3) is 3.86. The highest BCUT2D eigenvalue weighted by Gasteiger charge is 2.45. The number of hydrogen-bond donors (Lipinski definition) is 1. The van der Waals surface area contributed by atoms with Crippen LogP contribution in [0.3, 0.4) is 0 Å². The van der Waals surface area contributed by atoms with E-state index in [0.29, 0.717) is 12.3 Å². The first-order valence-electron chi connectivity index (χ1n) is 10.5. The number of carbonyl (C=O) groups excluding carboxylic acids is 1. The highest BCUT2D eigenvalue weighted by molar-refractivity contribution is 5.77. The van der Waals surface area contributed by atoms with Crippen molar-refractivity contribution in [1.82, 2.24) is 20.0 Å². The molecule has 4 rings (SSSR count). The van der Waals surface area contributed by atoms with Crippen LogP contribution < -0.4 is 5.32 Å². The number of amides is 1. The Balaban J connectivity index is 1.45. The minimum Gasteiger partial charge on any atom is -0.354 e. The number of fused-ring (bicyclic) bond motifs is 2. The van der Waals surface area contributed by atoms with Crippen LogP contribution in [0.5, 0.6) is 0 Å². The first-order chi connectivity index (χ1) is 13.4. The molecule has 150 valence electrons. The number of rotatable bonds is 5. The van der Waals surface area contributed by atoms with Crippen molar-refractivity contribution >= 4 is 5.91 Å². The van der Waals surface area contributed by atoms with E-state index >= 15 is 0 Å². The first-order valence-corrected chi connectivity index (χ1v) is 10.5. The average molecular weight is 381 g/mol.